The summed E-state index contributed by atoms with van der Waals surface area (Å²) in [6.45, 7) is 18.1. The van der Waals surface area contributed by atoms with E-state index in [0.717, 1.165) is 32.8 Å². The first-order chi connectivity index (χ1) is 9.67. The fourth-order valence-corrected chi connectivity index (χ4v) is 3.57. The summed E-state index contributed by atoms with van der Waals surface area (Å²) in [7, 11) is 0. The van der Waals surface area contributed by atoms with Crippen LogP contribution in [-0.4, -0.2) is 35.7 Å². The largest absolute Gasteiger partial charge is 0.378 e. The highest BCUT2D eigenvalue weighted by Crippen LogP contribution is 2.27. The number of thiophene rings is 1. The van der Waals surface area contributed by atoms with Gasteiger partial charge in [-0.1, -0.05) is 0 Å². The highest BCUT2D eigenvalue weighted by Gasteiger charge is 2.30. The molecule has 120 valence electrons. The van der Waals surface area contributed by atoms with Gasteiger partial charge in [-0.25, -0.2) is 0 Å². The molecule has 0 saturated carbocycles. The van der Waals surface area contributed by atoms with E-state index < -0.39 is 0 Å². The molecule has 4 heteroatoms. The number of nitrogens with one attached hydrogen (secondary N) is 1. The molecule has 0 aliphatic carbocycles. The summed E-state index contributed by atoms with van der Waals surface area (Å²) >= 11 is 1.92. The molecule has 0 bridgehead atoms. The van der Waals surface area contributed by atoms with Gasteiger partial charge in [0, 0.05) is 40.5 Å². The Balaban J connectivity index is 2.02. The number of morpholine rings is 1. The Morgan fingerprint density at radius 3 is 2.71 bits per heavy atom. The van der Waals surface area contributed by atoms with Crippen LogP contribution in [0.15, 0.2) is 6.07 Å². The predicted molar refractivity (Wildman–Crippen MR) is 91.0 cm³/mol. The van der Waals surface area contributed by atoms with Crippen LogP contribution >= 0.6 is 11.3 Å². The Hall–Kier alpha value is -0.420. The number of aryl methyl sites for hydroxylation is 1. The number of ether oxygens (including phenoxy) is 1. The lowest BCUT2D eigenvalue weighted by Gasteiger charge is -2.42. The summed E-state index contributed by atoms with van der Waals surface area (Å²) in [5, 5.41) is 3.58. The van der Waals surface area contributed by atoms with Gasteiger partial charge >= 0.3 is 0 Å². The maximum Gasteiger partial charge on any atom is 0.0645 e. The average molecular weight is 311 g/mol. The Kier molecular flexibility index (Phi) is 5.14. The Morgan fingerprint density at radius 1 is 1.38 bits per heavy atom. The van der Waals surface area contributed by atoms with E-state index in [1.54, 1.807) is 0 Å². The van der Waals surface area contributed by atoms with Crippen molar-refractivity contribution in [3.8, 4) is 0 Å². The quantitative estimate of drug-likeness (QED) is 0.920. The lowest BCUT2D eigenvalue weighted by molar-refractivity contribution is -0.0553. The van der Waals surface area contributed by atoms with Crippen molar-refractivity contribution in [3.05, 3.63) is 21.4 Å². The number of nitrogens with zero attached hydrogens (tertiary/aromatic N) is 1. The lowest BCUT2D eigenvalue weighted by Crippen LogP contribution is -2.52. The first kappa shape index (κ1) is 16.9. The van der Waals surface area contributed by atoms with Crippen molar-refractivity contribution in [2.45, 2.75) is 65.7 Å². The highest BCUT2D eigenvalue weighted by atomic mass is 32.1. The maximum absolute atomic E-state index is 5.62. The summed E-state index contributed by atoms with van der Waals surface area (Å²) < 4.78 is 5.62. The third-order valence-corrected chi connectivity index (χ3v) is 5.14. The summed E-state index contributed by atoms with van der Waals surface area (Å²) in [6.07, 6.45) is 0. The normalized spacial score (nSPS) is 19.9. The van der Waals surface area contributed by atoms with Crippen molar-refractivity contribution < 1.29 is 4.74 Å². The van der Waals surface area contributed by atoms with Crippen LogP contribution in [0.5, 0.6) is 0 Å². The Labute approximate surface area is 133 Å². The summed E-state index contributed by atoms with van der Waals surface area (Å²) in [5.41, 5.74) is 1.78. The topological polar surface area (TPSA) is 24.5 Å². The molecule has 1 saturated heterocycles. The van der Waals surface area contributed by atoms with Gasteiger partial charge in [0.2, 0.25) is 0 Å². The molecule has 2 heterocycles. The van der Waals surface area contributed by atoms with Crippen LogP contribution in [0.3, 0.4) is 0 Å². The SMILES string of the molecule is Cc1sc(CNC(C)(C)C)cc1CN1CCOCC1(C)C. The molecule has 1 aliphatic rings. The minimum absolute atomic E-state index is 0.135. The van der Waals surface area contributed by atoms with E-state index in [0.29, 0.717) is 0 Å². The monoisotopic (exact) mass is 310 g/mol. The second-order valence-corrected chi connectivity index (χ2v) is 9.03. The molecule has 1 N–H and O–H groups in total. The molecule has 0 atom stereocenters. The number of hydrogen-bond donors (Lipinski definition) is 1. The van der Waals surface area contributed by atoms with Gasteiger partial charge in [0.25, 0.3) is 0 Å². The second kappa shape index (κ2) is 6.37. The van der Waals surface area contributed by atoms with E-state index in [9.17, 15) is 0 Å². The first-order valence-corrected chi connectivity index (χ1v) is 8.65. The minimum Gasteiger partial charge on any atom is -0.378 e. The molecule has 1 aromatic rings. The van der Waals surface area contributed by atoms with Crippen LogP contribution in [0.2, 0.25) is 0 Å². The zero-order valence-corrected chi connectivity index (χ0v) is 15.2. The predicted octanol–water partition coefficient (Wildman–Crippen LogP) is 3.56. The molecule has 0 aromatic carbocycles. The van der Waals surface area contributed by atoms with Gasteiger partial charge in [0.1, 0.15) is 0 Å². The van der Waals surface area contributed by atoms with Crippen molar-refractivity contribution in [1.82, 2.24) is 10.2 Å². The fourth-order valence-electron chi connectivity index (χ4n) is 2.57. The smallest absolute Gasteiger partial charge is 0.0645 e. The lowest BCUT2D eigenvalue weighted by atomic mass is 10.0. The molecule has 3 nitrogen and oxygen atoms in total. The fraction of sp³-hybridized carbons (Fsp3) is 0.765. The Bertz CT molecular complexity index is 474. The summed E-state index contributed by atoms with van der Waals surface area (Å²) in [4.78, 5) is 5.43. The van der Waals surface area contributed by atoms with Crippen LogP contribution in [-0.2, 0) is 17.8 Å². The zero-order valence-electron chi connectivity index (χ0n) is 14.4. The number of rotatable bonds is 4. The molecule has 1 aromatic heterocycles. The molecule has 1 fully saturated rings. The molecule has 0 unspecified atom stereocenters. The summed E-state index contributed by atoms with van der Waals surface area (Å²) in [5.74, 6) is 0. The summed E-state index contributed by atoms with van der Waals surface area (Å²) in [6, 6.07) is 2.38. The van der Waals surface area contributed by atoms with Gasteiger partial charge in [0.15, 0.2) is 0 Å². The Morgan fingerprint density at radius 2 is 2.10 bits per heavy atom. The van der Waals surface area contributed by atoms with E-state index in [1.165, 1.54) is 15.3 Å². The molecule has 21 heavy (non-hydrogen) atoms. The highest BCUT2D eigenvalue weighted by molar-refractivity contribution is 7.12. The van der Waals surface area contributed by atoms with Gasteiger partial charge < -0.3 is 10.1 Å². The van der Waals surface area contributed by atoms with Gasteiger partial charge in [-0.3, -0.25) is 4.90 Å². The molecule has 0 radical (unpaired) electrons. The molecular formula is C17H30N2OS. The van der Waals surface area contributed by atoms with Crippen LogP contribution in [0.1, 0.15) is 49.9 Å². The van der Waals surface area contributed by atoms with E-state index in [2.05, 4.69) is 57.8 Å². The third-order valence-electron chi connectivity index (χ3n) is 4.04. The van der Waals surface area contributed by atoms with Crippen molar-refractivity contribution in [2.24, 2.45) is 0 Å². The molecule has 0 spiro atoms. The average Bonchev–Trinajstić information content (AvgIpc) is 2.69. The van der Waals surface area contributed by atoms with Crippen molar-refractivity contribution >= 4 is 11.3 Å². The van der Waals surface area contributed by atoms with Gasteiger partial charge in [0.05, 0.1) is 13.2 Å². The van der Waals surface area contributed by atoms with Crippen molar-refractivity contribution in [3.63, 3.8) is 0 Å². The van der Waals surface area contributed by atoms with Crippen molar-refractivity contribution in [2.75, 3.05) is 19.8 Å². The van der Waals surface area contributed by atoms with Crippen LogP contribution in [0.4, 0.5) is 0 Å². The second-order valence-electron chi connectivity index (χ2n) is 7.68. The minimum atomic E-state index is 0.135. The van der Waals surface area contributed by atoms with Crippen LogP contribution in [0.25, 0.3) is 0 Å². The van der Waals surface area contributed by atoms with E-state index in [1.807, 2.05) is 11.3 Å². The van der Waals surface area contributed by atoms with Crippen molar-refractivity contribution in [1.29, 1.82) is 0 Å². The molecule has 0 amide bonds. The number of hydrogen-bond acceptors (Lipinski definition) is 4. The van der Waals surface area contributed by atoms with Gasteiger partial charge in [-0.15, -0.1) is 11.3 Å². The molecular weight excluding hydrogens is 280 g/mol. The first-order valence-electron chi connectivity index (χ1n) is 7.83. The van der Waals surface area contributed by atoms with E-state index in [4.69, 9.17) is 4.74 Å². The standard InChI is InChI=1S/C17H30N2OS/c1-13-14(9-15(21-13)10-18-16(2,3)4)11-19-7-8-20-12-17(19,5)6/h9,18H,7-8,10-12H2,1-6H3. The zero-order chi connectivity index (χ0) is 15.7. The molecule has 1 aliphatic heterocycles. The van der Waals surface area contributed by atoms with Crippen LogP contribution < -0.4 is 5.32 Å². The maximum atomic E-state index is 5.62. The van der Waals surface area contributed by atoms with E-state index in [-0.39, 0.29) is 11.1 Å². The van der Waals surface area contributed by atoms with Gasteiger partial charge in [-0.05, 0) is 53.2 Å². The van der Waals surface area contributed by atoms with Gasteiger partial charge in [-0.2, -0.15) is 0 Å². The third kappa shape index (κ3) is 4.78. The molecule has 2 rings (SSSR count). The van der Waals surface area contributed by atoms with E-state index >= 15 is 0 Å². The van der Waals surface area contributed by atoms with Crippen LogP contribution in [0, 0.1) is 6.92 Å².